The summed E-state index contributed by atoms with van der Waals surface area (Å²) in [4.78, 5) is 5.00. The number of aryl methyl sites for hydroxylation is 1. The van der Waals surface area contributed by atoms with Gasteiger partial charge < -0.3 is 5.73 Å². The van der Waals surface area contributed by atoms with Crippen LogP contribution >= 0.6 is 0 Å². The van der Waals surface area contributed by atoms with Crippen molar-refractivity contribution in [2.24, 2.45) is 5.73 Å². The van der Waals surface area contributed by atoms with Gasteiger partial charge in [0.05, 0.1) is 0 Å². The first-order valence-corrected chi connectivity index (χ1v) is 7.25. The highest BCUT2D eigenvalue weighted by Crippen LogP contribution is 2.25. The van der Waals surface area contributed by atoms with Crippen LogP contribution < -0.4 is 5.73 Å². The molecule has 0 amide bonds. The van der Waals surface area contributed by atoms with Gasteiger partial charge in [0.2, 0.25) is 0 Å². The Hall–Kier alpha value is -0.900. The molecule has 1 heterocycles. The average Bonchev–Trinajstić information content (AvgIpc) is 2.39. The Balaban J connectivity index is 2.16. The topological polar surface area (TPSA) is 32.5 Å². The van der Waals surface area contributed by atoms with Crippen LogP contribution in [0.2, 0.25) is 0 Å². The highest BCUT2D eigenvalue weighted by atomic mass is 15.3. The monoisotopic (exact) mass is 261 g/mol. The standard InChI is InChI=1S/C16H27N3/c1-12-5-7-15(8-6-12)16(9-17)19-10-13(2)18(4)14(3)11-19/h5-8,13-14,16H,9-11,17H2,1-4H3. The van der Waals surface area contributed by atoms with E-state index < -0.39 is 0 Å². The lowest BCUT2D eigenvalue weighted by atomic mass is 10.00. The van der Waals surface area contributed by atoms with Crippen LogP contribution in [0.3, 0.4) is 0 Å². The van der Waals surface area contributed by atoms with Crippen molar-refractivity contribution < 1.29 is 0 Å². The number of benzene rings is 1. The molecule has 1 aliphatic heterocycles. The van der Waals surface area contributed by atoms with E-state index in [0.29, 0.717) is 24.7 Å². The molecule has 0 spiro atoms. The molecule has 3 atom stereocenters. The largest absolute Gasteiger partial charge is 0.329 e. The molecule has 3 nitrogen and oxygen atoms in total. The molecule has 2 rings (SSSR count). The quantitative estimate of drug-likeness (QED) is 0.903. The van der Waals surface area contributed by atoms with Crippen molar-refractivity contribution in [1.29, 1.82) is 0 Å². The molecule has 2 N–H and O–H groups in total. The minimum Gasteiger partial charge on any atom is -0.329 e. The molecule has 106 valence electrons. The molecule has 19 heavy (non-hydrogen) atoms. The summed E-state index contributed by atoms with van der Waals surface area (Å²) in [5.41, 5.74) is 8.69. The third-order valence-electron chi connectivity index (χ3n) is 4.51. The van der Waals surface area contributed by atoms with Gasteiger partial charge in [0.1, 0.15) is 0 Å². The summed E-state index contributed by atoms with van der Waals surface area (Å²) >= 11 is 0. The van der Waals surface area contributed by atoms with E-state index >= 15 is 0 Å². The number of nitrogens with zero attached hydrogens (tertiary/aromatic N) is 2. The molecule has 1 saturated heterocycles. The van der Waals surface area contributed by atoms with Gasteiger partial charge in [0.15, 0.2) is 0 Å². The Kier molecular flexibility index (Phi) is 4.61. The molecular weight excluding hydrogens is 234 g/mol. The van der Waals surface area contributed by atoms with E-state index in [4.69, 9.17) is 5.73 Å². The van der Waals surface area contributed by atoms with Crippen molar-refractivity contribution in [1.82, 2.24) is 9.80 Å². The van der Waals surface area contributed by atoms with E-state index in [1.54, 1.807) is 0 Å². The molecule has 0 aromatic heterocycles. The lowest BCUT2D eigenvalue weighted by Gasteiger charge is -2.45. The first kappa shape index (κ1) is 14.5. The van der Waals surface area contributed by atoms with E-state index in [2.05, 4.69) is 61.9 Å². The third-order valence-corrected chi connectivity index (χ3v) is 4.51. The van der Waals surface area contributed by atoms with Gasteiger partial charge in [-0.25, -0.2) is 0 Å². The summed E-state index contributed by atoms with van der Waals surface area (Å²) in [6.07, 6.45) is 0. The molecule has 1 fully saturated rings. The van der Waals surface area contributed by atoms with Gasteiger partial charge in [-0.15, -0.1) is 0 Å². The second-order valence-electron chi connectivity index (χ2n) is 5.98. The molecule has 1 aromatic rings. The zero-order chi connectivity index (χ0) is 14.0. The first-order valence-electron chi connectivity index (χ1n) is 7.25. The van der Waals surface area contributed by atoms with Crippen molar-refractivity contribution in [2.75, 3.05) is 26.7 Å². The van der Waals surface area contributed by atoms with Gasteiger partial charge in [-0.05, 0) is 33.4 Å². The number of hydrogen-bond acceptors (Lipinski definition) is 3. The van der Waals surface area contributed by atoms with E-state index in [0.717, 1.165) is 13.1 Å². The van der Waals surface area contributed by atoms with Crippen molar-refractivity contribution >= 4 is 0 Å². The fourth-order valence-corrected chi connectivity index (χ4v) is 2.98. The van der Waals surface area contributed by atoms with Gasteiger partial charge >= 0.3 is 0 Å². The Morgan fingerprint density at radius 1 is 1.16 bits per heavy atom. The van der Waals surface area contributed by atoms with Crippen molar-refractivity contribution in [3.05, 3.63) is 35.4 Å². The van der Waals surface area contributed by atoms with Crippen LogP contribution in [0.15, 0.2) is 24.3 Å². The number of likely N-dealkylation sites (N-methyl/N-ethyl adjacent to an activating group) is 1. The maximum absolute atomic E-state index is 6.04. The molecule has 0 aliphatic carbocycles. The van der Waals surface area contributed by atoms with E-state index in [9.17, 15) is 0 Å². The number of piperazine rings is 1. The number of hydrogen-bond donors (Lipinski definition) is 1. The smallest absolute Gasteiger partial charge is 0.0471 e. The van der Waals surface area contributed by atoms with Gasteiger partial charge in [-0.1, -0.05) is 29.8 Å². The molecule has 0 radical (unpaired) electrons. The molecule has 3 unspecified atom stereocenters. The van der Waals surface area contributed by atoms with E-state index in [1.165, 1.54) is 11.1 Å². The third kappa shape index (κ3) is 3.16. The summed E-state index contributed by atoms with van der Waals surface area (Å²) in [6, 6.07) is 10.3. The predicted molar refractivity (Wildman–Crippen MR) is 81.2 cm³/mol. The molecule has 0 saturated carbocycles. The summed E-state index contributed by atoms with van der Waals surface area (Å²) < 4.78 is 0. The minimum atomic E-state index is 0.346. The number of nitrogens with two attached hydrogens (primary N) is 1. The van der Waals surface area contributed by atoms with Crippen LogP contribution in [0.4, 0.5) is 0 Å². The molecular formula is C16H27N3. The van der Waals surface area contributed by atoms with Gasteiger partial charge in [0.25, 0.3) is 0 Å². The highest BCUT2D eigenvalue weighted by Gasteiger charge is 2.30. The van der Waals surface area contributed by atoms with Crippen LogP contribution in [0.1, 0.15) is 31.0 Å². The van der Waals surface area contributed by atoms with Crippen LogP contribution in [0.25, 0.3) is 0 Å². The highest BCUT2D eigenvalue weighted by molar-refractivity contribution is 5.24. The number of rotatable bonds is 3. The maximum Gasteiger partial charge on any atom is 0.0471 e. The fraction of sp³-hybridized carbons (Fsp3) is 0.625. The predicted octanol–water partition coefficient (Wildman–Crippen LogP) is 2.02. The van der Waals surface area contributed by atoms with Crippen molar-refractivity contribution in [3.63, 3.8) is 0 Å². The molecule has 1 aromatic carbocycles. The zero-order valence-electron chi connectivity index (χ0n) is 12.6. The summed E-state index contributed by atoms with van der Waals surface area (Å²) in [7, 11) is 2.22. The van der Waals surface area contributed by atoms with Crippen molar-refractivity contribution in [2.45, 2.75) is 38.9 Å². The second kappa shape index (κ2) is 6.04. The normalized spacial score (nSPS) is 27.4. The molecule has 3 heteroatoms. The van der Waals surface area contributed by atoms with Crippen LogP contribution in [0, 0.1) is 6.92 Å². The van der Waals surface area contributed by atoms with Crippen LogP contribution in [0.5, 0.6) is 0 Å². The second-order valence-corrected chi connectivity index (χ2v) is 5.98. The van der Waals surface area contributed by atoms with Gasteiger partial charge in [-0.2, -0.15) is 0 Å². The summed E-state index contributed by atoms with van der Waals surface area (Å²) in [5, 5.41) is 0. The SMILES string of the molecule is Cc1ccc(C(CN)N2CC(C)N(C)C(C)C2)cc1. The Morgan fingerprint density at radius 3 is 2.16 bits per heavy atom. The van der Waals surface area contributed by atoms with E-state index in [1.807, 2.05) is 0 Å². The summed E-state index contributed by atoms with van der Waals surface area (Å²) in [5.74, 6) is 0. The lowest BCUT2D eigenvalue weighted by molar-refractivity contribution is 0.0352. The van der Waals surface area contributed by atoms with Gasteiger partial charge in [-0.3, -0.25) is 9.80 Å². The first-order chi connectivity index (χ1) is 9.02. The van der Waals surface area contributed by atoms with Gasteiger partial charge in [0, 0.05) is 37.8 Å². The van der Waals surface area contributed by atoms with Crippen LogP contribution in [-0.4, -0.2) is 48.6 Å². The zero-order valence-corrected chi connectivity index (χ0v) is 12.6. The average molecular weight is 261 g/mol. The van der Waals surface area contributed by atoms with Crippen molar-refractivity contribution in [3.8, 4) is 0 Å². The summed E-state index contributed by atoms with van der Waals surface area (Å²) in [6.45, 7) is 9.59. The molecule has 0 bridgehead atoms. The van der Waals surface area contributed by atoms with Crippen LogP contribution in [-0.2, 0) is 0 Å². The molecule has 1 aliphatic rings. The Bertz CT molecular complexity index is 389. The fourth-order valence-electron chi connectivity index (χ4n) is 2.98. The van der Waals surface area contributed by atoms with E-state index in [-0.39, 0.29) is 0 Å². The Labute approximate surface area is 117 Å². The maximum atomic E-state index is 6.04. The Morgan fingerprint density at radius 2 is 1.68 bits per heavy atom. The lowest BCUT2D eigenvalue weighted by Crippen LogP contribution is -2.56. The minimum absolute atomic E-state index is 0.346.